The second kappa shape index (κ2) is 12.6. The Morgan fingerprint density at radius 1 is 0.370 bits per heavy atom. The molecule has 0 bridgehead atoms. The molecule has 0 saturated heterocycles. The van der Waals surface area contributed by atoms with Crippen molar-refractivity contribution in [1.29, 1.82) is 0 Å². The number of hydrogen-bond acceptors (Lipinski definition) is 6. The minimum Gasteiger partial charge on any atom is -0.308 e. The summed E-state index contributed by atoms with van der Waals surface area (Å²) >= 11 is 0. The van der Waals surface area contributed by atoms with E-state index in [9.17, 15) is 9.59 Å². The number of fused-ring (bicyclic) bond motifs is 6. The lowest BCUT2D eigenvalue weighted by atomic mass is 10.0. The van der Waals surface area contributed by atoms with Crippen LogP contribution in [0.4, 0.5) is 0 Å². The molecule has 10 rings (SSSR count). The predicted octanol–water partition coefficient (Wildman–Crippen LogP) is 9.18. The zero-order chi connectivity index (χ0) is 36.2. The molecule has 0 saturated carbocycles. The summed E-state index contributed by atoms with van der Waals surface area (Å²) in [5.41, 5.74) is 5.79. The quantitative estimate of drug-likeness (QED) is 0.178. The summed E-state index contributed by atoms with van der Waals surface area (Å²) in [6.45, 7) is 0. The predicted molar refractivity (Wildman–Crippen MR) is 215 cm³/mol. The molecule has 0 spiro atoms. The molecule has 8 heteroatoms. The standard InChI is InChI=1S/C46H28N6O2/c53-45-35-20-11-10-19-34(35)36-28-40-38(27-37(36)46(54)52(45)32-17-8-3-9-18-32)41-39(21-12-26-47-41)51(40)33-24-22-31(23-25-33)44-49-42(29-13-4-1-5-14-29)48-43(50-44)30-15-6-2-7-16-30/h1-28H. The van der Waals surface area contributed by atoms with Crippen LogP contribution in [0.3, 0.4) is 0 Å². The van der Waals surface area contributed by atoms with E-state index in [0.29, 0.717) is 44.7 Å². The third kappa shape index (κ3) is 5.08. The summed E-state index contributed by atoms with van der Waals surface area (Å²) < 4.78 is 3.42. The van der Waals surface area contributed by atoms with Crippen molar-refractivity contribution in [2.75, 3.05) is 0 Å². The van der Waals surface area contributed by atoms with Gasteiger partial charge in [-0.05, 0) is 77.5 Å². The first kappa shape index (κ1) is 31.2. The summed E-state index contributed by atoms with van der Waals surface area (Å²) in [6.07, 6.45) is 1.76. The van der Waals surface area contributed by atoms with Crippen molar-refractivity contribution in [1.82, 2.24) is 29.1 Å². The lowest BCUT2D eigenvalue weighted by Crippen LogP contribution is -2.28. The van der Waals surface area contributed by atoms with Crippen LogP contribution in [0.2, 0.25) is 0 Å². The van der Waals surface area contributed by atoms with Gasteiger partial charge in [0.1, 0.15) is 0 Å². The first-order valence-corrected chi connectivity index (χ1v) is 17.6. The fourth-order valence-electron chi connectivity index (χ4n) is 7.30. The normalized spacial score (nSPS) is 11.5. The summed E-state index contributed by atoms with van der Waals surface area (Å²) in [4.78, 5) is 48.0. The zero-order valence-corrected chi connectivity index (χ0v) is 28.7. The third-order valence-corrected chi connectivity index (χ3v) is 9.84. The van der Waals surface area contributed by atoms with Crippen molar-refractivity contribution in [3.8, 4) is 45.5 Å². The number of para-hydroxylation sites is 1. The Morgan fingerprint density at radius 2 is 0.889 bits per heavy atom. The molecule has 0 radical (unpaired) electrons. The van der Waals surface area contributed by atoms with Gasteiger partial charge in [0.25, 0.3) is 11.1 Å². The fraction of sp³-hybridized carbons (Fsp3) is 0. The number of aromatic nitrogens is 6. The monoisotopic (exact) mass is 696 g/mol. The highest BCUT2D eigenvalue weighted by Gasteiger charge is 2.19. The van der Waals surface area contributed by atoms with Crippen LogP contribution in [0, 0.1) is 0 Å². The molecule has 10 aromatic rings. The van der Waals surface area contributed by atoms with Gasteiger partial charge in [0.15, 0.2) is 17.5 Å². The highest BCUT2D eigenvalue weighted by atomic mass is 16.2. The van der Waals surface area contributed by atoms with Crippen LogP contribution in [-0.2, 0) is 0 Å². The number of benzene rings is 6. The molecule has 0 aliphatic carbocycles. The maximum Gasteiger partial charge on any atom is 0.265 e. The molecule has 254 valence electrons. The highest BCUT2D eigenvalue weighted by Crippen LogP contribution is 2.35. The van der Waals surface area contributed by atoms with Crippen LogP contribution >= 0.6 is 0 Å². The topological polar surface area (TPSA) is 95.6 Å². The van der Waals surface area contributed by atoms with Gasteiger partial charge in [-0.1, -0.05) is 97.1 Å². The van der Waals surface area contributed by atoms with E-state index in [1.54, 1.807) is 24.4 Å². The molecule has 6 aromatic carbocycles. The van der Waals surface area contributed by atoms with Crippen molar-refractivity contribution in [3.63, 3.8) is 0 Å². The molecule has 0 N–H and O–H groups in total. The first-order chi connectivity index (χ1) is 26.6. The van der Waals surface area contributed by atoms with E-state index in [2.05, 4.69) is 4.57 Å². The molecule has 0 amide bonds. The Kier molecular flexibility index (Phi) is 7.26. The number of nitrogens with zero attached hydrogens (tertiary/aromatic N) is 6. The van der Waals surface area contributed by atoms with Gasteiger partial charge in [0.05, 0.1) is 22.2 Å². The lowest BCUT2D eigenvalue weighted by molar-refractivity contribution is 0.976. The molecule has 0 aliphatic rings. The van der Waals surface area contributed by atoms with Crippen molar-refractivity contribution in [2.24, 2.45) is 0 Å². The van der Waals surface area contributed by atoms with Gasteiger partial charge in [-0.2, -0.15) is 0 Å². The first-order valence-electron chi connectivity index (χ1n) is 17.6. The SMILES string of the molecule is O=c1c2ccccc2c2cc3c(cc2c(=O)n1-c1ccccc1)c1ncccc1n3-c1ccc(-c2nc(-c3ccccc3)nc(-c3ccccc3)n2)cc1. The van der Waals surface area contributed by atoms with Gasteiger partial charge in [-0.15, -0.1) is 0 Å². The summed E-state index contributed by atoms with van der Waals surface area (Å²) in [6, 6.07) is 52.3. The van der Waals surface area contributed by atoms with Gasteiger partial charge in [-0.3, -0.25) is 14.6 Å². The molecule has 54 heavy (non-hydrogen) atoms. The fourth-order valence-corrected chi connectivity index (χ4v) is 7.30. The number of pyridine rings is 1. The minimum atomic E-state index is -0.387. The van der Waals surface area contributed by atoms with E-state index in [-0.39, 0.29) is 11.1 Å². The van der Waals surface area contributed by atoms with Gasteiger partial charge >= 0.3 is 0 Å². The molecular weight excluding hydrogens is 669 g/mol. The summed E-state index contributed by atoms with van der Waals surface area (Å²) in [5.74, 6) is 1.75. The van der Waals surface area contributed by atoms with E-state index < -0.39 is 0 Å². The van der Waals surface area contributed by atoms with Gasteiger partial charge in [0.2, 0.25) is 0 Å². The van der Waals surface area contributed by atoms with E-state index >= 15 is 0 Å². The molecule has 0 unspecified atom stereocenters. The van der Waals surface area contributed by atoms with Crippen molar-refractivity contribution in [3.05, 3.63) is 191 Å². The Bertz CT molecular complexity index is 3120. The molecule has 4 heterocycles. The second-order valence-corrected chi connectivity index (χ2v) is 13.0. The maximum absolute atomic E-state index is 14.4. The van der Waals surface area contributed by atoms with E-state index in [1.807, 2.05) is 146 Å². The highest BCUT2D eigenvalue weighted by molar-refractivity contribution is 6.16. The second-order valence-electron chi connectivity index (χ2n) is 13.0. The van der Waals surface area contributed by atoms with Gasteiger partial charge < -0.3 is 4.57 Å². The average molecular weight is 697 g/mol. The van der Waals surface area contributed by atoms with Gasteiger partial charge in [-0.25, -0.2) is 19.5 Å². The van der Waals surface area contributed by atoms with Gasteiger partial charge in [0, 0.05) is 44.7 Å². The molecule has 4 aromatic heterocycles. The zero-order valence-electron chi connectivity index (χ0n) is 28.7. The molecule has 8 nitrogen and oxygen atoms in total. The molecular formula is C46H28N6O2. The number of rotatable bonds is 5. The van der Waals surface area contributed by atoms with Crippen molar-refractivity contribution in [2.45, 2.75) is 0 Å². The van der Waals surface area contributed by atoms with Crippen LogP contribution in [0.5, 0.6) is 0 Å². The Hall–Kier alpha value is -7.58. The Labute approximate surface area is 308 Å². The molecule has 0 aliphatic heterocycles. The van der Waals surface area contributed by atoms with E-state index in [1.165, 1.54) is 4.57 Å². The van der Waals surface area contributed by atoms with Crippen LogP contribution in [-0.4, -0.2) is 29.1 Å². The summed E-state index contributed by atoms with van der Waals surface area (Å²) in [7, 11) is 0. The van der Waals surface area contributed by atoms with Crippen LogP contribution in [0.1, 0.15) is 0 Å². The average Bonchev–Trinajstić information content (AvgIpc) is 3.53. The summed E-state index contributed by atoms with van der Waals surface area (Å²) in [5, 5.41) is 3.08. The van der Waals surface area contributed by atoms with E-state index in [4.69, 9.17) is 19.9 Å². The van der Waals surface area contributed by atoms with Crippen LogP contribution in [0.25, 0.3) is 89.0 Å². The molecule has 0 atom stereocenters. The largest absolute Gasteiger partial charge is 0.308 e. The number of hydrogen-bond donors (Lipinski definition) is 0. The van der Waals surface area contributed by atoms with Crippen molar-refractivity contribution < 1.29 is 0 Å². The lowest BCUT2D eigenvalue weighted by Gasteiger charge is -2.11. The maximum atomic E-state index is 14.4. The van der Waals surface area contributed by atoms with E-state index in [0.717, 1.165) is 44.3 Å². The third-order valence-electron chi connectivity index (χ3n) is 9.84. The molecule has 0 fully saturated rings. The van der Waals surface area contributed by atoms with Crippen molar-refractivity contribution >= 4 is 43.5 Å². The Morgan fingerprint density at radius 3 is 1.52 bits per heavy atom. The Balaban J connectivity index is 1.19. The smallest absolute Gasteiger partial charge is 0.265 e. The van der Waals surface area contributed by atoms with Crippen LogP contribution in [0.15, 0.2) is 180 Å². The van der Waals surface area contributed by atoms with Crippen LogP contribution < -0.4 is 11.1 Å². The minimum absolute atomic E-state index is 0.367.